The largest absolute Gasteiger partial charge is 0.481 e. The van der Waals surface area contributed by atoms with Crippen molar-refractivity contribution in [1.29, 1.82) is 0 Å². The van der Waals surface area contributed by atoms with Crippen molar-refractivity contribution in [2.75, 3.05) is 19.0 Å². The van der Waals surface area contributed by atoms with Crippen molar-refractivity contribution < 1.29 is 4.74 Å². The van der Waals surface area contributed by atoms with Gasteiger partial charge < -0.3 is 10.1 Å². The molecule has 0 aliphatic rings. The summed E-state index contributed by atoms with van der Waals surface area (Å²) in [6.07, 6.45) is 6.75. The Morgan fingerprint density at radius 3 is 3.25 bits per heavy atom. The molecule has 0 amide bonds. The van der Waals surface area contributed by atoms with Crippen molar-refractivity contribution in [3.05, 3.63) is 18.3 Å². The van der Waals surface area contributed by atoms with Gasteiger partial charge in [-0.2, -0.15) is 0 Å². The van der Waals surface area contributed by atoms with Crippen LogP contribution in [0.15, 0.2) is 18.3 Å². The Morgan fingerprint density at radius 2 is 2.58 bits per heavy atom. The van der Waals surface area contributed by atoms with Crippen LogP contribution in [0.4, 0.5) is 5.69 Å². The molecule has 0 unspecified atom stereocenters. The fraction of sp³-hybridized carbons (Fsp3) is 0.222. The molecule has 1 rings (SSSR count). The third-order valence-electron chi connectivity index (χ3n) is 1.34. The van der Waals surface area contributed by atoms with Crippen LogP contribution < -0.4 is 10.1 Å². The Bertz CT molecular complexity index is 291. The maximum Gasteiger partial charge on any atom is 0.214 e. The fourth-order valence-corrected chi connectivity index (χ4v) is 0.784. The lowest BCUT2D eigenvalue weighted by Gasteiger charge is -2.03. The van der Waals surface area contributed by atoms with E-state index in [2.05, 4.69) is 16.2 Å². The Balaban J connectivity index is 2.67. The van der Waals surface area contributed by atoms with Gasteiger partial charge in [0.05, 0.1) is 13.7 Å². The van der Waals surface area contributed by atoms with Crippen molar-refractivity contribution in [3.8, 4) is 18.2 Å². The minimum Gasteiger partial charge on any atom is -0.481 e. The smallest absolute Gasteiger partial charge is 0.214 e. The molecule has 0 aromatic carbocycles. The highest BCUT2D eigenvalue weighted by Crippen LogP contribution is 2.12. The van der Waals surface area contributed by atoms with Crippen LogP contribution in [0.5, 0.6) is 5.88 Å². The van der Waals surface area contributed by atoms with Crippen LogP contribution in [0.2, 0.25) is 0 Å². The van der Waals surface area contributed by atoms with E-state index in [-0.39, 0.29) is 0 Å². The zero-order valence-corrected chi connectivity index (χ0v) is 6.87. The van der Waals surface area contributed by atoms with Crippen LogP contribution in [0, 0.1) is 12.3 Å². The molecule has 0 saturated carbocycles. The number of aromatic nitrogens is 1. The van der Waals surface area contributed by atoms with Gasteiger partial charge in [-0.25, -0.2) is 4.98 Å². The predicted octanol–water partition coefficient (Wildman–Crippen LogP) is 1.14. The molecule has 0 saturated heterocycles. The van der Waals surface area contributed by atoms with Crippen molar-refractivity contribution in [3.63, 3.8) is 0 Å². The molecule has 0 spiro atoms. The monoisotopic (exact) mass is 162 g/mol. The number of hydrogen-bond acceptors (Lipinski definition) is 3. The Hall–Kier alpha value is -1.69. The SMILES string of the molecule is C#CCNc1ccnc(OC)c1. The van der Waals surface area contributed by atoms with E-state index in [1.165, 1.54) is 0 Å². The average Bonchev–Trinajstić information content (AvgIpc) is 2.15. The van der Waals surface area contributed by atoms with Gasteiger partial charge in [0.15, 0.2) is 0 Å². The summed E-state index contributed by atoms with van der Waals surface area (Å²) in [5.41, 5.74) is 0.916. The summed E-state index contributed by atoms with van der Waals surface area (Å²) in [5, 5.41) is 3.01. The molecule has 0 atom stereocenters. The second-order valence-corrected chi connectivity index (χ2v) is 2.14. The van der Waals surface area contributed by atoms with Gasteiger partial charge >= 0.3 is 0 Å². The van der Waals surface area contributed by atoms with Crippen LogP contribution in [0.25, 0.3) is 0 Å². The quantitative estimate of drug-likeness (QED) is 0.676. The minimum absolute atomic E-state index is 0.507. The number of hydrogen-bond donors (Lipinski definition) is 1. The lowest BCUT2D eigenvalue weighted by atomic mass is 10.4. The number of pyridine rings is 1. The van der Waals surface area contributed by atoms with E-state index in [1.807, 2.05) is 6.07 Å². The molecule has 1 heterocycles. The predicted molar refractivity (Wildman–Crippen MR) is 48.1 cm³/mol. The van der Waals surface area contributed by atoms with Gasteiger partial charge in [-0.05, 0) is 6.07 Å². The first-order valence-electron chi connectivity index (χ1n) is 3.54. The van der Waals surface area contributed by atoms with Gasteiger partial charge in [0.1, 0.15) is 0 Å². The molecule has 62 valence electrons. The normalized spacial score (nSPS) is 8.67. The molecule has 0 aliphatic heterocycles. The highest BCUT2D eigenvalue weighted by atomic mass is 16.5. The number of nitrogens with one attached hydrogen (secondary N) is 1. The number of rotatable bonds is 3. The first-order chi connectivity index (χ1) is 5.86. The zero-order chi connectivity index (χ0) is 8.81. The van der Waals surface area contributed by atoms with E-state index in [9.17, 15) is 0 Å². The van der Waals surface area contributed by atoms with Gasteiger partial charge in [-0.15, -0.1) is 6.42 Å². The van der Waals surface area contributed by atoms with Crippen LogP contribution in [0.1, 0.15) is 0 Å². The van der Waals surface area contributed by atoms with Crippen LogP contribution in [-0.2, 0) is 0 Å². The van der Waals surface area contributed by atoms with E-state index in [0.29, 0.717) is 12.4 Å². The molecule has 0 fully saturated rings. The first kappa shape index (κ1) is 8.41. The van der Waals surface area contributed by atoms with E-state index in [0.717, 1.165) is 5.69 Å². The fourth-order valence-electron chi connectivity index (χ4n) is 0.784. The van der Waals surface area contributed by atoms with E-state index < -0.39 is 0 Å². The Kier molecular flexibility index (Phi) is 2.97. The Morgan fingerprint density at radius 1 is 1.75 bits per heavy atom. The number of nitrogens with zero attached hydrogens (tertiary/aromatic N) is 1. The highest BCUT2D eigenvalue weighted by molar-refractivity contribution is 5.45. The lowest BCUT2D eigenvalue weighted by molar-refractivity contribution is 0.398. The summed E-state index contributed by atoms with van der Waals surface area (Å²) < 4.78 is 4.93. The summed E-state index contributed by atoms with van der Waals surface area (Å²) in [7, 11) is 1.58. The maximum absolute atomic E-state index is 5.09. The van der Waals surface area contributed by atoms with Crippen molar-refractivity contribution in [2.45, 2.75) is 0 Å². The van der Waals surface area contributed by atoms with Gasteiger partial charge in [-0.3, -0.25) is 0 Å². The third kappa shape index (κ3) is 2.17. The van der Waals surface area contributed by atoms with Gasteiger partial charge in [-0.1, -0.05) is 5.92 Å². The second-order valence-electron chi connectivity index (χ2n) is 2.14. The number of anilines is 1. The zero-order valence-electron chi connectivity index (χ0n) is 6.87. The summed E-state index contributed by atoms with van der Waals surface area (Å²) in [6.45, 7) is 0.507. The Labute approximate surface area is 71.8 Å². The van der Waals surface area contributed by atoms with Crippen LogP contribution in [0.3, 0.4) is 0 Å². The molecule has 0 radical (unpaired) electrons. The molecule has 1 aromatic heterocycles. The number of terminal acetylenes is 1. The highest BCUT2D eigenvalue weighted by Gasteiger charge is 1.93. The molecule has 1 aromatic rings. The average molecular weight is 162 g/mol. The standard InChI is InChI=1S/C9H10N2O/c1-3-5-10-8-4-6-11-9(7-8)12-2/h1,4,6-7H,5H2,2H3,(H,10,11). The molecule has 0 bridgehead atoms. The van der Waals surface area contributed by atoms with Crippen LogP contribution in [-0.4, -0.2) is 18.6 Å². The molecular weight excluding hydrogens is 152 g/mol. The molecule has 1 N–H and O–H groups in total. The first-order valence-corrected chi connectivity index (χ1v) is 3.54. The number of methoxy groups -OCH3 is 1. The molecule has 12 heavy (non-hydrogen) atoms. The van der Waals surface area contributed by atoms with Crippen molar-refractivity contribution >= 4 is 5.69 Å². The maximum atomic E-state index is 5.09. The summed E-state index contributed by atoms with van der Waals surface area (Å²) in [6, 6.07) is 3.62. The summed E-state index contributed by atoms with van der Waals surface area (Å²) in [5.74, 6) is 3.06. The topological polar surface area (TPSA) is 34.2 Å². The summed E-state index contributed by atoms with van der Waals surface area (Å²) >= 11 is 0. The molecule has 0 aliphatic carbocycles. The van der Waals surface area contributed by atoms with Crippen molar-refractivity contribution in [1.82, 2.24) is 4.98 Å². The number of ether oxygens (including phenoxy) is 1. The molecule has 3 nitrogen and oxygen atoms in total. The van der Waals surface area contributed by atoms with Crippen LogP contribution >= 0.6 is 0 Å². The molecular formula is C9H10N2O. The second kappa shape index (κ2) is 4.24. The third-order valence-corrected chi connectivity index (χ3v) is 1.34. The lowest BCUT2D eigenvalue weighted by Crippen LogP contribution is -1.98. The van der Waals surface area contributed by atoms with E-state index in [1.54, 1.807) is 19.4 Å². The van der Waals surface area contributed by atoms with Gasteiger partial charge in [0.2, 0.25) is 5.88 Å². The van der Waals surface area contributed by atoms with Crippen molar-refractivity contribution in [2.24, 2.45) is 0 Å². The minimum atomic E-state index is 0.507. The van der Waals surface area contributed by atoms with Gasteiger partial charge in [0, 0.05) is 18.0 Å². The summed E-state index contributed by atoms with van der Waals surface area (Å²) in [4.78, 5) is 3.95. The van der Waals surface area contributed by atoms with E-state index >= 15 is 0 Å². The van der Waals surface area contributed by atoms with Gasteiger partial charge in [0.25, 0.3) is 0 Å². The van der Waals surface area contributed by atoms with E-state index in [4.69, 9.17) is 11.2 Å². The molecule has 3 heteroatoms.